The number of hydrogen-bond acceptors (Lipinski definition) is 7. The van der Waals surface area contributed by atoms with Gasteiger partial charge in [0.05, 0.1) is 16.0 Å². The topological polar surface area (TPSA) is 112 Å². The van der Waals surface area contributed by atoms with Crippen molar-refractivity contribution in [1.82, 2.24) is 24.5 Å². The molecule has 0 saturated carbocycles. The zero-order valence-corrected chi connectivity index (χ0v) is 13.7. The fraction of sp³-hybridized carbons (Fsp3) is 0.0588. The Morgan fingerprint density at radius 1 is 1.04 bits per heavy atom. The molecule has 9 heteroatoms. The molecule has 9 nitrogen and oxygen atoms in total. The van der Waals surface area contributed by atoms with Crippen molar-refractivity contribution < 1.29 is 4.92 Å². The standard InChI is InChI=1S/C17H13N7O2/c1-11-5-4-8-18-15(11)22-16-14(24(25)26)17(20-9-19-16)23-10-21-12-6-2-3-7-13(12)23/h2-10H,1H3,(H,18,19,20,22). The van der Waals surface area contributed by atoms with Crippen molar-refractivity contribution in [3.05, 3.63) is 70.9 Å². The van der Waals surface area contributed by atoms with Crippen LogP contribution in [0.15, 0.2) is 55.2 Å². The molecule has 26 heavy (non-hydrogen) atoms. The van der Waals surface area contributed by atoms with Gasteiger partial charge in [-0.25, -0.2) is 19.9 Å². The van der Waals surface area contributed by atoms with Gasteiger partial charge < -0.3 is 5.32 Å². The van der Waals surface area contributed by atoms with Crippen molar-refractivity contribution in [1.29, 1.82) is 0 Å². The van der Waals surface area contributed by atoms with Crippen LogP contribution >= 0.6 is 0 Å². The van der Waals surface area contributed by atoms with Crippen LogP contribution in [0.1, 0.15) is 5.56 Å². The maximum Gasteiger partial charge on any atom is 0.354 e. The first kappa shape index (κ1) is 15.6. The Bertz CT molecular complexity index is 1120. The molecule has 1 aromatic carbocycles. The van der Waals surface area contributed by atoms with E-state index in [2.05, 4.69) is 25.3 Å². The van der Waals surface area contributed by atoms with E-state index in [4.69, 9.17) is 0 Å². The van der Waals surface area contributed by atoms with Crippen LogP contribution in [0.5, 0.6) is 0 Å². The van der Waals surface area contributed by atoms with Gasteiger partial charge in [0.25, 0.3) is 0 Å². The quantitative estimate of drug-likeness (QED) is 0.446. The highest BCUT2D eigenvalue weighted by atomic mass is 16.6. The van der Waals surface area contributed by atoms with E-state index in [1.165, 1.54) is 12.7 Å². The van der Waals surface area contributed by atoms with E-state index in [-0.39, 0.29) is 17.3 Å². The summed E-state index contributed by atoms with van der Waals surface area (Å²) >= 11 is 0. The lowest BCUT2D eigenvalue weighted by molar-refractivity contribution is -0.384. The van der Waals surface area contributed by atoms with Gasteiger partial charge in [0.2, 0.25) is 11.6 Å². The number of hydrogen-bond donors (Lipinski definition) is 1. The third-order valence-corrected chi connectivity index (χ3v) is 3.91. The third kappa shape index (κ3) is 2.61. The lowest BCUT2D eigenvalue weighted by Gasteiger charge is -2.10. The fourth-order valence-electron chi connectivity index (χ4n) is 2.66. The molecule has 0 fully saturated rings. The summed E-state index contributed by atoms with van der Waals surface area (Å²) in [5.74, 6) is 0.699. The first-order chi connectivity index (χ1) is 12.6. The van der Waals surface area contributed by atoms with Gasteiger partial charge in [0.1, 0.15) is 18.5 Å². The predicted octanol–water partition coefficient (Wildman–Crippen LogP) is 3.17. The Kier molecular flexibility index (Phi) is 3.73. The number of nitrogens with one attached hydrogen (secondary N) is 1. The second-order valence-electron chi connectivity index (χ2n) is 5.55. The lowest BCUT2D eigenvalue weighted by atomic mass is 10.3. The maximum absolute atomic E-state index is 11.8. The Balaban J connectivity index is 1.89. The second kappa shape index (κ2) is 6.20. The van der Waals surface area contributed by atoms with E-state index in [0.29, 0.717) is 11.3 Å². The van der Waals surface area contributed by atoms with Gasteiger partial charge in [-0.05, 0) is 30.7 Å². The van der Waals surface area contributed by atoms with Crippen molar-refractivity contribution in [2.24, 2.45) is 0 Å². The van der Waals surface area contributed by atoms with Gasteiger partial charge in [-0.1, -0.05) is 18.2 Å². The van der Waals surface area contributed by atoms with E-state index < -0.39 is 4.92 Å². The first-order valence-electron chi connectivity index (χ1n) is 7.75. The van der Waals surface area contributed by atoms with E-state index in [1.807, 2.05) is 37.3 Å². The molecule has 4 rings (SSSR count). The van der Waals surface area contributed by atoms with Crippen LogP contribution in [-0.2, 0) is 0 Å². The summed E-state index contributed by atoms with van der Waals surface area (Å²) in [6, 6.07) is 11.0. The molecule has 0 saturated heterocycles. The van der Waals surface area contributed by atoms with Gasteiger partial charge in [0.15, 0.2) is 0 Å². The molecular formula is C17H13N7O2. The number of anilines is 2. The minimum atomic E-state index is -0.509. The minimum absolute atomic E-state index is 0.0691. The molecule has 0 amide bonds. The average molecular weight is 347 g/mol. The Morgan fingerprint density at radius 2 is 1.88 bits per heavy atom. The highest BCUT2D eigenvalue weighted by molar-refractivity contribution is 5.79. The number of benzene rings is 1. The van der Waals surface area contributed by atoms with Crippen molar-refractivity contribution in [3.63, 3.8) is 0 Å². The number of rotatable bonds is 4. The minimum Gasteiger partial charge on any atom is -0.319 e. The predicted molar refractivity (Wildman–Crippen MR) is 95.6 cm³/mol. The molecule has 128 valence electrons. The van der Waals surface area contributed by atoms with Gasteiger partial charge in [-0.2, -0.15) is 0 Å². The molecule has 3 aromatic heterocycles. The summed E-state index contributed by atoms with van der Waals surface area (Å²) in [7, 11) is 0. The first-order valence-corrected chi connectivity index (χ1v) is 7.75. The van der Waals surface area contributed by atoms with Gasteiger partial charge in [-0.15, -0.1) is 0 Å². The van der Waals surface area contributed by atoms with Crippen LogP contribution in [0.3, 0.4) is 0 Å². The lowest BCUT2D eigenvalue weighted by Crippen LogP contribution is -2.08. The van der Waals surface area contributed by atoms with Crippen LogP contribution in [0.2, 0.25) is 0 Å². The summed E-state index contributed by atoms with van der Waals surface area (Å²) < 4.78 is 1.58. The van der Waals surface area contributed by atoms with Gasteiger partial charge in [0, 0.05) is 6.20 Å². The molecule has 0 aliphatic carbocycles. The van der Waals surface area contributed by atoms with E-state index in [1.54, 1.807) is 16.8 Å². The van der Waals surface area contributed by atoms with Crippen LogP contribution in [-0.4, -0.2) is 29.4 Å². The van der Waals surface area contributed by atoms with Crippen LogP contribution in [0, 0.1) is 17.0 Å². The monoisotopic (exact) mass is 347 g/mol. The normalized spacial score (nSPS) is 10.8. The zero-order chi connectivity index (χ0) is 18.1. The van der Waals surface area contributed by atoms with E-state index in [9.17, 15) is 10.1 Å². The third-order valence-electron chi connectivity index (χ3n) is 3.91. The van der Waals surface area contributed by atoms with Gasteiger partial charge in [-0.3, -0.25) is 14.7 Å². The number of imidazole rings is 1. The molecular weight excluding hydrogens is 334 g/mol. The largest absolute Gasteiger partial charge is 0.354 e. The molecule has 4 aromatic rings. The summed E-state index contributed by atoms with van der Waals surface area (Å²) in [6.07, 6.45) is 4.39. The summed E-state index contributed by atoms with van der Waals surface area (Å²) in [5.41, 5.74) is 2.03. The molecule has 0 aliphatic rings. The Hall–Kier alpha value is -3.88. The zero-order valence-electron chi connectivity index (χ0n) is 13.7. The second-order valence-corrected chi connectivity index (χ2v) is 5.55. The van der Waals surface area contributed by atoms with Crippen molar-refractivity contribution in [3.8, 4) is 5.82 Å². The molecule has 0 unspecified atom stereocenters. The molecule has 0 atom stereocenters. The Morgan fingerprint density at radius 3 is 2.69 bits per heavy atom. The summed E-state index contributed by atoms with van der Waals surface area (Å²) in [5, 5.41) is 14.7. The number of nitrogens with zero attached hydrogens (tertiary/aromatic N) is 6. The molecule has 0 spiro atoms. The molecule has 1 N–H and O–H groups in total. The van der Waals surface area contributed by atoms with Crippen molar-refractivity contribution in [2.75, 3.05) is 5.32 Å². The smallest absolute Gasteiger partial charge is 0.319 e. The maximum atomic E-state index is 11.8. The SMILES string of the molecule is Cc1cccnc1Nc1ncnc(-n2cnc3ccccc32)c1[N+](=O)[O-]. The van der Waals surface area contributed by atoms with Crippen LogP contribution in [0.4, 0.5) is 17.3 Å². The molecule has 0 radical (unpaired) electrons. The molecule has 3 heterocycles. The van der Waals surface area contributed by atoms with E-state index >= 15 is 0 Å². The van der Waals surface area contributed by atoms with Crippen molar-refractivity contribution in [2.45, 2.75) is 6.92 Å². The number of aromatic nitrogens is 5. The van der Waals surface area contributed by atoms with Crippen molar-refractivity contribution >= 4 is 28.4 Å². The summed E-state index contributed by atoms with van der Waals surface area (Å²) in [4.78, 5) is 27.9. The number of para-hydroxylation sites is 2. The van der Waals surface area contributed by atoms with Crippen LogP contribution in [0.25, 0.3) is 16.9 Å². The Labute approximate surface area is 147 Å². The van der Waals surface area contributed by atoms with E-state index in [0.717, 1.165) is 11.1 Å². The highest BCUT2D eigenvalue weighted by Crippen LogP contribution is 2.31. The molecule has 0 bridgehead atoms. The number of aryl methyl sites for hydroxylation is 1. The molecule has 0 aliphatic heterocycles. The number of pyridine rings is 1. The summed E-state index contributed by atoms with van der Waals surface area (Å²) in [6.45, 7) is 1.85. The average Bonchev–Trinajstić information content (AvgIpc) is 3.07. The number of fused-ring (bicyclic) bond motifs is 1. The highest BCUT2D eigenvalue weighted by Gasteiger charge is 2.26. The number of nitro groups is 1. The van der Waals surface area contributed by atoms with Gasteiger partial charge >= 0.3 is 5.69 Å². The van der Waals surface area contributed by atoms with Crippen LogP contribution < -0.4 is 5.32 Å². The fourth-order valence-corrected chi connectivity index (χ4v) is 2.66.